The van der Waals surface area contributed by atoms with E-state index in [2.05, 4.69) is 0 Å². The van der Waals surface area contributed by atoms with Crippen LogP contribution >= 0.6 is 11.3 Å². The van der Waals surface area contributed by atoms with E-state index in [1.54, 1.807) is 36.4 Å². The number of hydrogen-bond donors (Lipinski definition) is 0. The third kappa shape index (κ3) is 3.19. The first-order chi connectivity index (χ1) is 12.4. The van der Waals surface area contributed by atoms with Gasteiger partial charge < -0.3 is 14.2 Å². The van der Waals surface area contributed by atoms with Gasteiger partial charge in [0, 0.05) is 24.3 Å². The second kappa shape index (κ2) is 7.07. The molecule has 6 nitrogen and oxygen atoms in total. The number of amides is 1. The van der Waals surface area contributed by atoms with Gasteiger partial charge in [-0.05, 0) is 43.7 Å². The molecule has 0 N–H and O–H groups in total. The zero-order valence-corrected chi connectivity index (χ0v) is 16.2. The molecule has 2 heterocycles. The van der Waals surface area contributed by atoms with Crippen LogP contribution in [0.15, 0.2) is 17.5 Å². The molecule has 1 aliphatic rings. The second-order valence-electron chi connectivity index (χ2n) is 6.55. The molecular weight excluding hydrogens is 352 g/mol. The number of ketones is 1. The predicted octanol–water partition coefficient (Wildman–Crippen LogP) is 2.98. The quantitative estimate of drug-likeness (QED) is 0.576. The van der Waals surface area contributed by atoms with Crippen LogP contribution in [-0.2, 0) is 11.8 Å². The highest BCUT2D eigenvalue weighted by Crippen LogP contribution is 2.30. The summed E-state index contributed by atoms with van der Waals surface area (Å²) in [4.78, 5) is 40.1. The van der Waals surface area contributed by atoms with Gasteiger partial charge in [0.15, 0.2) is 5.78 Å². The lowest BCUT2D eigenvalue weighted by Crippen LogP contribution is -2.37. The number of ether oxygens (including phenoxy) is 1. The van der Waals surface area contributed by atoms with Crippen LogP contribution in [0.3, 0.4) is 0 Å². The van der Waals surface area contributed by atoms with E-state index in [0.717, 1.165) is 12.8 Å². The van der Waals surface area contributed by atoms with Crippen molar-refractivity contribution in [2.24, 2.45) is 7.05 Å². The molecule has 7 heteroatoms. The van der Waals surface area contributed by atoms with Crippen molar-refractivity contribution >= 4 is 29.0 Å². The highest BCUT2D eigenvalue weighted by molar-refractivity contribution is 7.12. The molecule has 2 aromatic heterocycles. The first-order valence-electron chi connectivity index (χ1n) is 8.48. The average molecular weight is 374 g/mol. The summed E-state index contributed by atoms with van der Waals surface area (Å²) in [5.74, 6) is -0.723. The topological polar surface area (TPSA) is 68.6 Å². The van der Waals surface area contributed by atoms with Crippen LogP contribution < -0.4 is 0 Å². The van der Waals surface area contributed by atoms with Crippen molar-refractivity contribution in [2.45, 2.75) is 32.7 Å². The van der Waals surface area contributed by atoms with E-state index in [-0.39, 0.29) is 24.3 Å². The lowest BCUT2D eigenvalue weighted by Gasteiger charge is -2.21. The third-order valence-electron chi connectivity index (χ3n) is 4.88. The van der Waals surface area contributed by atoms with Gasteiger partial charge in [-0.1, -0.05) is 6.07 Å². The Balaban J connectivity index is 1.89. The number of thiophene rings is 1. The lowest BCUT2D eigenvalue weighted by atomic mass is 10.0. The highest BCUT2D eigenvalue weighted by atomic mass is 32.1. The summed E-state index contributed by atoms with van der Waals surface area (Å²) in [6, 6.07) is 3.73. The molecule has 0 unspecified atom stereocenters. The van der Waals surface area contributed by atoms with Gasteiger partial charge >= 0.3 is 5.97 Å². The Bertz CT molecular complexity index is 863. The van der Waals surface area contributed by atoms with E-state index < -0.39 is 5.97 Å². The highest BCUT2D eigenvalue weighted by Gasteiger charge is 2.36. The molecule has 1 aliphatic carbocycles. The number of aromatic nitrogens is 1. The lowest BCUT2D eigenvalue weighted by molar-refractivity contribution is 0.0588. The summed E-state index contributed by atoms with van der Waals surface area (Å²) in [7, 11) is 3.06. The van der Waals surface area contributed by atoms with E-state index >= 15 is 0 Å². The first kappa shape index (κ1) is 18.4. The van der Waals surface area contributed by atoms with Crippen molar-refractivity contribution in [3.05, 3.63) is 44.9 Å². The van der Waals surface area contributed by atoms with Crippen molar-refractivity contribution in [1.82, 2.24) is 9.47 Å². The Morgan fingerprint density at radius 1 is 1.31 bits per heavy atom. The van der Waals surface area contributed by atoms with Gasteiger partial charge in [-0.2, -0.15) is 0 Å². The molecule has 2 aromatic rings. The van der Waals surface area contributed by atoms with Gasteiger partial charge in [0.2, 0.25) is 0 Å². The van der Waals surface area contributed by atoms with Crippen molar-refractivity contribution in [1.29, 1.82) is 0 Å². The van der Waals surface area contributed by atoms with Crippen molar-refractivity contribution in [3.8, 4) is 0 Å². The van der Waals surface area contributed by atoms with Crippen LogP contribution in [0.4, 0.5) is 0 Å². The number of carbonyl (C=O) groups is 3. The molecule has 1 fully saturated rings. The fourth-order valence-electron chi connectivity index (χ4n) is 3.30. The summed E-state index contributed by atoms with van der Waals surface area (Å²) < 4.78 is 6.51. The molecule has 1 saturated carbocycles. The van der Waals surface area contributed by atoms with Crippen molar-refractivity contribution < 1.29 is 19.1 Å². The molecular formula is C19H22N2O4S. The van der Waals surface area contributed by atoms with Crippen molar-refractivity contribution in [2.75, 3.05) is 13.7 Å². The second-order valence-corrected chi connectivity index (χ2v) is 7.50. The van der Waals surface area contributed by atoms with Crippen LogP contribution in [0.1, 0.15) is 54.6 Å². The number of carbonyl (C=O) groups excluding carboxylic acids is 3. The largest absolute Gasteiger partial charge is 0.464 e. The maximum Gasteiger partial charge on any atom is 0.354 e. The van der Waals surface area contributed by atoms with E-state index in [0.29, 0.717) is 27.4 Å². The Morgan fingerprint density at radius 2 is 2.00 bits per heavy atom. The maximum atomic E-state index is 13.0. The molecule has 0 radical (unpaired) electrons. The SMILES string of the molecule is COC(=O)c1c(C)c(C(=O)CN(C(=O)c2cccs2)C2CC2)c(C)n1C. The van der Waals surface area contributed by atoms with Crippen LogP contribution in [0.25, 0.3) is 0 Å². The normalized spacial score (nSPS) is 13.5. The minimum absolute atomic E-state index is 0.0215. The van der Waals surface area contributed by atoms with Crippen LogP contribution in [0.2, 0.25) is 0 Å². The van der Waals surface area contributed by atoms with E-state index in [1.807, 2.05) is 11.4 Å². The zero-order valence-electron chi connectivity index (χ0n) is 15.4. The summed E-state index contributed by atoms with van der Waals surface area (Å²) in [6.45, 7) is 3.57. The molecule has 0 saturated heterocycles. The van der Waals surface area contributed by atoms with Crippen LogP contribution in [0, 0.1) is 13.8 Å². The molecule has 0 bridgehead atoms. The molecule has 138 valence electrons. The Labute approximate surface area is 156 Å². The zero-order chi connectivity index (χ0) is 19.0. The smallest absolute Gasteiger partial charge is 0.354 e. The van der Waals surface area contributed by atoms with E-state index in [9.17, 15) is 14.4 Å². The minimum atomic E-state index is -0.471. The number of rotatable bonds is 6. The van der Waals surface area contributed by atoms with Crippen LogP contribution in [-0.4, -0.2) is 46.8 Å². The molecule has 0 spiro atoms. The Hall–Kier alpha value is -2.41. The summed E-state index contributed by atoms with van der Waals surface area (Å²) >= 11 is 1.38. The predicted molar refractivity (Wildman–Crippen MR) is 98.9 cm³/mol. The number of hydrogen-bond acceptors (Lipinski definition) is 5. The minimum Gasteiger partial charge on any atom is -0.464 e. The molecule has 26 heavy (non-hydrogen) atoms. The van der Waals surface area contributed by atoms with Gasteiger partial charge in [-0.15, -0.1) is 11.3 Å². The molecule has 0 aromatic carbocycles. The Morgan fingerprint density at radius 3 is 2.54 bits per heavy atom. The number of esters is 1. The molecule has 1 amide bonds. The van der Waals surface area contributed by atoms with E-state index in [4.69, 9.17) is 4.74 Å². The van der Waals surface area contributed by atoms with Gasteiger partial charge in [-0.3, -0.25) is 9.59 Å². The van der Waals surface area contributed by atoms with Crippen molar-refractivity contribution in [3.63, 3.8) is 0 Å². The fourth-order valence-corrected chi connectivity index (χ4v) is 3.98. The molecule has 0 atom stereocenters. The average Bonchev–Trinajstić information content (AvgIpc) is 3.25. The summed E-state index contributed by atoms with van der Waals surface area (Å²) in [5.41, 5.74) is 2.17. The standard InChI is InChI=1S/C19H22N2O4S/c1-11-16(12(2)20(3)17(11)19(24)25-4)14(22)10-21(13-7-8-13)18(23)15-6-5-9-26-15/h5-6,9,13H,7-8,10H2,1-4H3. The number of methoxy groups -OCH3 is 1. The number of nitrogens with zero attached hydrogens (tertiary/aromatic N) is 2. The third-order valence-corrected chi connectivity index (χ3v) is 5.74. The summed E-state index contributed by atoms with van der Waals surface area (Å²) in [6.07, 6.45) is 1.84. The maximum absolute atomic E-state index is 13.0. The van der Waals surface area contributed by atoms with Gasteiger partial charge in [-0.25, -0.2) is 4.79 Å². The van der Waals surface area contributed by atoms with Crippen LogP contribution in [0.5, 0.6) is 0 Å². The van der Waals surface area contributed by atoms with Gasteiger partial charge in [0.25, 0.3) is 5.91 Å². The molecule has 3 rings (SSSR count). The first-order valence-corrected chi connectivity index (χ1v) is 9.36. The van der Waals surface area contributed by atoms with E-state index in [1.165, 1.54) is 18.4 Å². The van der Waals surface area contributed by atoms with Gasteiger partial charge in [0.1, 0.15) is 5.69 Å². The fraction of sp³-hybridized carbons (Fsp3) is 0.421. The van der Waals surface area contributed by atoms with Gasteiger partial charge in [0.05, 0.1) is 18.5 Å². The summed E-state index contributed by atoms with van der Waals surface area (Å²) in [5, 5.41) is 1.86. The monoisotopic (exact) mass is 374 g/mol. The number of Topliss-reactive ketones (excluding diaryl/α,β-unsaturated/α-hetero) is 1. The Kier molecular flexibility index (Phi) is 5.00. The molecule has 0 aliphatic heterocycles.